The number of barbiturate groups is 1. The number of rotatable bonds is 3. The number of piperidine rings is 1. The molecule has 2 saturated heterocycles. The number of hydrogen-bond acceptors (Lipinski definition) is 4. The Morgan fingerprint density at radius 1 is 0.828 bits per heavy atom. The number of amides is 4. The van der Waals surface area contributed by atoms with Crippen molar-refractivity contribution in [3.8, 4) is 0 Å². The summed E-state index contributed by atoms with van der Waals surface area (Å²) in [7, 11) is 0. The van der Waals surface area contributed by atoms with Crippen molar-refractivity contribution in [1.82, 2.24) is 5.32 Å². The summed E-state index contributed by atoms with van der Waals surface area (Å²) in [4.78, 5) is 40.8. The average molecular weight is 389 g/mol. The molecule has 6 heteroatoms. The van der Waals surface area contributed by atoms with E-state index in [1.54, 1.807) is 12.1 Å². The highest BCUT2D eigenvalue weighted by molar-refractivity contribution is 6.39. The fraction of sp³-hybridized carbons (Fsp3) is 0.261. The molecule has 2 heterocycles. The van der Waals surface area contributed by atoms with Crippen molar-refractivity contribution in [2.24, 2.45) is 0 Å². The molecule has 4 amide bonds. The Labute approximate surface area is 169 Å². The third-order valence-corrected chi connectivity index (χ3v) is 5.32. The molecule has 6 nitrogen and oxygen atoms in total. The molecule has 0 aliphatic carbocycles. The number of hydrogen-bond donors (Lipinski definition) is 1. The van der Waals surface area contributed by atoms with E-state index in [1.807, 2.05) is 43.3 Å². The first kappa shape index (κ1) is 18.9. The second-order valence-electron chi connectivity index (χ2n) is 7.43. The SMILES string of the molecule is Cc1ccc(N2C(=O)NC(=O)/C(=C\c3ccc(N4CCCCC4)cc3)C2=O)cc1. The third-order valence-electron chi connectivity index (χ3n) is 5.32. The van der Waals surface area contributed by atoms with E-state index in [0.29, 0.717) is 5.69 Å². The van der Waals surface area contributed by atoms with Gasteiger partial charge in [0, 0.05) is 18.8 Å². The summed E-state index contributed by atoms with van der Waals surface area (Å²) >= 11 is 0. The standard InChI is InChI=1S/C23H23N3O3/c1-16-5-9-19(10-6-16)26-22(28)20(21(27)24-23(26)29)15-17-7-11-18(12-8-17)25-13-3-2-4-14-25/h5-12,15H,2-4,13-14H2,1H3,(H,24,27,29)/b20-15+. The van der Waals surface area contributed by atoms with Gasteiger partial charge in [0.2, 0.25) is 0 Å². The Kier molecular flexibility index (Phi) is 5.16. The zero-order valence-corrected chi connectivity index (χ0v) is 16.4. The van der Waals surface area contributed by atoms with E-state index in [2.05, 4.69) is 10.2 Å². The van der Waals surface area contributed by atoms with E-state index in [0.717, 1.165) is 34.8 Å². The van der Waals surface area contributed by atoms with Gasteiger partial charge in [0.15, 0.2) is 0 Å². The molecule has 0 spiro atoms. The normalized spacial score (nSPS) is 18.9. The van der Waals surface area contributed by atoms with Crippen LogP contribution in [0.2, 0.25) is 0 Å². The maximum Gasteiger partial charge on any atom is 0.335 e. The lowest BCUT2D eigenvalue weighted by molar-refractivity contribution is -0.122. The van der Waals surface area contributed by atoms with Crippen LogP contribution in [0.5, 0.6) is 0 Å². The maximum absolute atomic E-state index is 12.9. The zero-order valence-electron chi connectivity index (χ0n) is 16.4. The fourth-order valence-electron chi connectivity index (χ4n) is 3.69. The van der Waals surface area contributed by atoms with Gasteiger partial charge >= 0.3 is 6.03 Å². The first-order valence-corrected chi connectivity index (χ1v) is 9.86. The van der Waals surface area contributed by atoms with Crippen LogP contribution in [0.1, 0.15) is 30.4 Å². The second-order valence-corrected chi connectivity index (χ2v) is 7.43. The van der Waals surface area contributed by atoms with Crippen molar-refractivity contribution >= 4 is 35.3 Å². The Bertz CT molecular complexity index is 971. The van der Waals surface area contributed by atoms with Crippen LogP contribution in [0.3, 0.4) is 0 Å². The van der Waals surface area contributed by atoms with Gasteiger partial charge in [-0.3, -0.25) is 14.9 Å². The summed E-state index contributed by atoms with van der Waals surface area (Å²) in [6.45, 7) is 4.02. The molecule has 0 saturated carbocycles. The lowest BCUT2D eigenvalue weighted by Crippen LogP contribution is -2.54. The third kappa shape index (κ3) is 3.92. The number of carbonyl (C=O) groups excluding carboxylic acids is 3. The lowest BCUT2D eigenvalue weighted by atomic mass is 10.1. The van der Waals surface area contributed by atoms with E-state index in [4.69, 9.17) is 0 Å². The van der Waals surface area contributed by atoms with Gasteiger partial charge in [-0.15, -0.1) is 0 Å². The molecule has 2 fully saturated rings. The zero-order chi connectivity index (χ0) is 20.4. The number of imide groups is 2. The van der Waals surface area contributed by atoms with E-state index in [9.17, 15) is 14.4 Å². The van der Waals surface area contributed by atoms with Gasteiger partial charge in [-0.1, -0.05) is 29.8 Å². The van der Waals surface area contributed by atoms with Crippen LogP contribution in [0.25, 0.3) is 6.08 Å². The molecule has 0 radical (unpaired) electrons. The summed E-state index contributed by atoms with van der Waals surface area (Å²) in [6, 6.07) is 14.1. The molecule has 0 bridgehead atoms. The predicted molar refractivity (Wildman–Crippen MR) is 113 cm³/mol. The van der Waals surface area contributed by atoms with Crippen molar-refractivity contribution in [2.45, 2.75) is 26.2 Å². The minimum Gasteiger partial charge on any atom is -0.372 e. The van der Waals surface area contributed by atoms with Gasteiger partial charge in [0.25, 0.3) is 11.8 Å². The number of anilines is 2. The molecule has 0 atom stereocenters. The van der Waals surface area contributed by atoms with E-state index in [-0.39, 0.29) is 5.57 Å². The van der Waals surface area contributed by atoms with Crippen LogP contribution in [0.4, 0.5) is 16.2 Å². The second kappa shape index (κ2) is 7.91. The number of urea groups is 1. The van der Waals surface area contributed by atoms with E-state index >= 15 is 0 Å². The minimum absolute atomic E-state index is 0.0594. The van der Waals surface area contributed by atoms with Gasteiger partial charge in [-0.05, 0) is 62.1 Å². The lowest BCUT2D eigenvalue weighted by Gasteiger charge is -2.29. The molecule has 148 valence electrons. The van der Waals surface area contributed by atoms with Crippen LogP contribution in [0.15, 0.2) is 54.1 Å². The van der Waals surface area contributed by atoms with Gasteiger partial charge in [0.1, 0.15) is 5.57 Å². The largest absolute Gasteiger partial charge is 0.372 e. The summed E-state index contributed by atoms with van der Waals surface area (Å²) in [5.41, 5.74) is 3.26. The van der Waals surface area contributed by atoms with Crippen LogP contribution >= 0.6 is 0 Å². The number of nitrogens with zero attached hydrogens (tertiary/aromatic N) is 2. The van der Waals surface area contributed by atoms with E-state index in [1.165, 1.54) is 25.3 Å². The summed E-state index contributed by atoms with van der Waals surface area (Å²) in [5.74, 6) is -1.30. The van der Waals surface area contributed by atoms with Crippen LogP contribution < -0.4 is 15.1 Å². The Hall–Kier alpha value is -3.41. The summed E-state index contributed by atoms with van der Waals surface area (Å²) < 4.78 is 0. The molecule has 0 aromatic heterocycles. The molecular weight excluding hydrogens is 366 g/mol. The van der Waals surface area contributed by atoms with Gasteiger partial charge in [-0.2, -0.15) is 0 Å². The first-order valence-electron chi connectivity index (χ1n) is 9.86. The smallest absolute Gasteiger partial charge is 0.335 e. The Morgan fingerprint density at radius 2 is 1.45 bits per heavy atom. The van der Waals surface area contributed by atoms with E-state index < -0.39 is 17.8 Å². The summed E-state index contributed by atoms with van der Waals surface area (Å²) in [6.07, 6.45) is 5.20. The fourth-order valence-corrected chi connectivity index (χ4v) is 3.69. The summed E-state index contributed by atoms with van der Waals surface area (Å²) in [5, 5.41) is 2.26. The molecule has 4 rings (SSSR count). The number of carbonyl (C=O) groups is 3. The molecule has 0 unspecified atom stereocenters. The first-order chi connectivity index (χ1) is 14.0. The monoisotopic (exact) mass is 389 g/mol. The quantitative estimate of drug-likeness (QED) is 0.643. The molecule has 2 aliphatic rings. The van der Waals surface area contributed by atoms with Crippen LogP contribution in [-0.4, -0.2) is 30.9 Å². The predicted octanol–water partition coefficient (Wildman–Crippen LogP) is 3.65. The molecule has 2 aromatic carbocycles. The van der Waals surface area contributed by atoms with Gasteiger partial charge in [0.05, 0.1) is 5.69 Å². The average Bonchev–Trinajstić information content (AvgIpc) is 2.73. The Balaban J connectivity index is 1.59. The highest BCUT2D eigenvalue weighted by atomic mass is 16.2. The maximum atomic E-state index is 12.9. The van der Waals surface area contributed by atoms with Crippen molar-refractivity contribution < 1.29 is 14.4 Å². The molecule has 29 heavy (non-hydrogen) atoms. The molecule has 1 N–H and O–H groups in total. The minimum atomic E-state index is -0.735. The number of aryl methyl sites for hydroxylation is 1. The number of nitrogens with one attached hydrogen (secondary N) is 1. The molecule has 2 aromatic rings. The van der Waals surface area contributed by atoms with Crippen LogP contribution in [-0.2, 0) is 9.59 Å². The van der Waals surface area contributed by atoms with Gasteiger partial charge < -0.3 is 4.90 Å². The molecule has 2 aliphatic heterocycles. The topological polar surface area (TPSA) is 69.7 Å². The Morgan fingerprint density at radius 3 is 2.10 bits per heavy atom. The number of benzene rings is 2. The van der Waals surface area contributed by atoms with Crippen molar-refractivity contribution in [1.29, 1.82) is 0 Å². The highest BCUT2D eigenvalue weighted by Gasteiger charge is 2.36. The van der Waals surface area contributed by atoms with Crippen molar-refractivity contribution in [2.75, 3.05) is 22.9 Å². The molecular formula is C23H23N3O3. The van der Waals surface area contributed by atoms with Crippen molar-refractivity contribution in [3.63, 3.8) is 0 Å². The van der Waals surface area contributed by atoms with Crippen molar-refractivity contribution in [3.05, 3.63) is 65.2 Å². The highest BCUT2D eigenvalue weighted by Crippen LogP contribution is 2.24. The van der Waals surface area contributed by atoms with Gasteiger partial charge in [-0.25, -0.2) is 9.69 Å². The van der Waals surface area contributed by atoms with Crippen LogP contribution in [0, 0.1) is 6.92 Å².